The van der Waals surface area contributed by atoms with Crippen molar-refractivity contribution in [1.82, 2.24) is 9.88 Å². The van der Waals surface area contributed by atoms with Crippen molar-refractivity contribution < 1.29 is 9.53 Å². The standard InChI is InChI=1S/C19H20BrN3O2/c1-10-4-7-15(25-3)11(2)17(10)22-18-13(20)8-21-14-9-23(12-5-6-12)19(24)16(14)18/h4,7-8,12H,5-6,9H2,1-3H3,(H,21,22). The van der Waals surface area contributed by atoms with E-state index in [1.54, 1.807) is 13.3 Å². The number of methoxy groups -OCH3 is 1. The molecular weight excluding hydrogens is 382 g/mol. The highest BCUT2D eigenvalue weighted by atomic mass is 79.9. The van der Waals surface area contributed by atoms with Crippen molar-refractivity contribution in [3.8, 4) is 5.75 Å². The number of hydrogen-bond donors (Lipinski definition) is 1. The predicted octanol–water partition coefficient (Wildman–Crippen LogP) is 4.33. The molecule has 4 rings (SSSR count). The van der Waals surface area contributed by atoms with E-state index in [4.69, 9.17) is 4.74 Å². The van der Waals surface area contributed by atoms with Crippen molar-refractivity contribution in [3.63, 3.8) is 0 Å². The molecule has 2 heterocycles. The molecule has 1 aromatic carbocycles. The molecule has 25 heavy (non-hydrogen) atoms. The molecule has 0 unspecified atom stereocenters. The predicted molar refractivity (Wildman–Crippen MR) is 101 cm³/mol. The molecule has 1 aliphatic heterocycles. The zero-order valence-corrected chi connectivity index (χ0v) is 16.1. The van der Waals surface area contributed by atoms with Gasteiger partial charge in [-0.25, -0.2) is 0 Å². The van der Waals surface area contributed by atoms with Gasteiger partial charge in [0.25, 0.3) is 5.91 Å². The first kappa shape index (κ1) is 16.4. The summed E-state index contributed by atoms with van der Waals surface area (Å²) >= 11 is 3.57. The average Bonchev–Trinajstić information content (AvgIpc) is 3.38. The first-order chi connectivity index (χ1) is 12.0. The van der Waals surface area contributed by atoms with Crippen LogP contribution in [0, 0.1) is 13.8 Å². The highest BCUT2D eigenvalue weighted by Gasteiger charge is 2.40. The highest BCUT2D eigenvalue weighted by molar-refractivity contribution is 9.10. The fraction of sp³-hybridized carbons (Fsp3) is 0.368. The topological polar surface area (TPSA) is 54.5 Å². The Hall–Kier alpha value is -2.08. The third kappa shape index (κ3) is 2.68. The number of benzene rings is 1. The van der Waals surface area contributed by atoms with Crippen LogP contribution in [0.5, 0.6) is 5.75 Å². The lowest BCUT2D eigenvalue weighted by Crippen LogP contribution is -2.26. The number of carbonyl (C=O) groups is 1. The number of pyridine rings is 1. The van der Waals surface area contributed by atoms with E-state index >= 15 is 0 Å². The van der Waals surface area contributed by atoms with Gasteiger partial charge in [-0.15, -0.1) is 0 Å². The average molecular weight is 402 g/mol. The quantitative estimate of drug-likeness (QED) is 0.827. The highest BCUT2D eigenvalue weighted by Crippen LogP contribution is 2.41. The summed E-state index contributed by atoms with van der Waals surface area (Å²) in [6, 6.07) is 4.36. The third-order valence-electron chi connectivity index (χ3n) is 4.99. The molecule has 1 aromatic heterocycles. The van der Waals surface area contributed by atoms with Crippen LogP contribution in [-0.4, -0.2) is 28.9 Å². The van der Waals surface area contributed by atoms with Gasteiger partial charge in [-0.2, -0.15) is 0 Å². The number of ether oxygens (including phenoxy) is 1. The van der Waals surface area contributed by atoms with E-state index < -0.39 is 0 Å². The van der Waals surface area contributed by atoms with E-state index in [-0.39, 0.29) is 5.91 Å². The molecule has 6 heteroatoms. The second-order valence-electron chi connectivity index (χ2n) is 6.68. The number of aryl methyl sites for hydroxylation is 1. The SMILES string of the molecule is COc1ccc(C)c(Nc2c(Br)cnc3c2C(=O)N(C2CC2)C3)c1C. The summed E-state index contributed by atoms with van der Waals surface area (Å²) in [6.45, 7) is 4.67. The van der Waals surface area contributed by atoms with Gasteiger partial charge in [0, 0.05) is 23.5 Å². The summed E-state index contributed by atoms with van der Waals surface area (Å²) in [7, 11) is 1.67. The molecule has 0 atom stereocenters. The number of fused-ring (bicyclic) bond motifs is 1. The Morgan fingerprint density at radius 3 is 2.72 bits per heavy atom. The van der Waals surface area contributed by atoms with Gasteiger partial charge in [-0.05, 0) is 54.2 Å². The Bertz CT molecular complexity index is 877. The van der Waals surface area contributed by atoms with Crippen LogP contribution in [0.3, 0.4) is 0 Å². The van der Waals surface area contributed by atoms with Gasteiger partial charge >= 0.3 is 0 Å². The molecule has 0 spiro atoms. The summed E-state index contributed by atoms with van der Waals surface area (Å²) in [5.41, 5.74) is 5.40. The van der Waals surface area contributed by atoms with Crippen LogP contribution in [0.25, 0.3) is 0 Å². The van der Waals surface area contributed by atoms with Crippen molar-refractivity contribution in [2.75, 3.05) is 12.4 Å². The maximum Gasteiger partial charge on any atom is 0.258 e. The lowest BCUT2D eigenvalue weighted by molar-refractivity contribution is 0.0767. The number of aromatic nitrogens is 1. The van der Waals surface area contributed by atoms with Crippen molar-refractivity contribution >= 4 is 33.2 Å². The van der Waals surface area contributed by atoms with Crippen LogP contribution in [-0.2, 0) is 6.54 Å². The molecule has 2 aliphatic rings. The molecular formula is C19H20BrN3O2. The number of nitrogens with one attached hydrogen (secondary N) is 1. The Kier molecular flexibility index (Phi) is 3.95. The molecule has 1 fully saturated rings. The Labute approximate surface area is 155 Å². The van der Waals surface area contributed by atoms with Crippen LogP contribution >= 0.6 is 15.9 Å². The van der Waals surface area contributed by atoms with E-state index in [0.717, 1.165) is 51.3 Å². The monoisotopic (exact) mass is 401 g/mol. The number of anilines is 2. The van der Waals surface area contributed by atoms with E-state index in [0.29, 0.717) is 18.2 Å². The molecule has 1 amide bonds. The minimum Gasteiger partial charge on any atom is -0.496 e. The molecule has 0 saturated heterocycles. The first-order valence-electron chi connectivity index (χ1n) is 8.40. The fourth-order valence-corrected chi connectivity index (χ4v) is 3.82. The molecule has 1 N–H and O–H groups in total. The van der Waals surface area contributed by atoms with Crippen molar-refractivity contribution in [1.29, 1.82) is 0 Å². The fourth-order valence-electron chi connectivity index (χ4n) is 3.42. The van der Waals surface area contributed by atoms with Gasteiger partial charge in [-0.1, -0.05) is 6.07 Å². The van der Waals surface area contributed by atoms with Crippen molar-refractivity contribution in [2.45, 2.75) is 39.3 Å². The number of carbonyl (C=O) groups excluding carboxylic acids is 1. The van der Waals surface area contributed by atoms with Crippen molar-refractivity contribution in [2.24, 2.45) is 0 Å². The second-order valence-corrected chi connectivity index (χ2v) is 7.53. The number of rotatable bonds is 4. The van der Waals surface area contributed by atoms with Crippen LogP contribution in [0.15, 0.2) is 22.8 Å². The lowest BCUT2D eigenvalue weighted by atomic mass is 10.1. The normalized spacial score (nSPS) is 16.2. The first-order valence-corrected chi connectivity index (χ1v) is 9.20. The third-order valence-corrected chi connectivity index (χ3v) is 5.59. The van der Waals surface area contributed by atoms with E-state index in [1.807, 2.05) is 30.9 Å². The van der Waals surface area contributed by atoms with Gasteiger partial charge in [0.15, 0.2) is 0 Å². The Morgan fingerprint density at radius 1 is 1.28 bits per heavy atom. The second kappa shape index (κ2) is 6.02. The summed E-state index contributed by atoms with van der Waals surface area (Å²) in [5, 5.41) is 3.48. The van der Waals surface area contributed by atoms with Crippen molar-refractivity contribution in [3.05, 3.63) is 45.2 Å². The molecule has 2 aromatic rings. The van der Waals surface area contributed by atoms with Gasteiger partial charge in [-0.3, -0.25) is 9.78 Å². The van der Waals surface area contributed by atoms with Gasteiger partial charge < -0.3 is 15.0 Å². The van der Waals surface area contributed by atoms with Gasteiger partial charge in [0.2, 0.25) is 0 Å². The Balaban J connectivity index is 1.79. The van der Waals surface area contributed by atoms with Gasteiger partial charge in [0.05, 0.1) is 35.1 Å². The number of hydrogen-bond acceptors (Lipinski definition) is 4. The maximum atomic E-state index is 12.9. The van der Waals surface area contributed by atoms with Gasteiger partial charge in [0.1, 0.15) is 5.75 Å². The number of amides is 1. The molecule has 0 bridgehead atoms. The van der Waals surface area contributed by atoms with Crippen LogP contribution < -0.4 is 10.1 Å². The molecule has 0 radical (unpaired) electrons. The Morgan fingerprint density at radius 2 is 2.04 bits per heavy atom. The van der Waals surface area contributed by atoms with Crippen LogP contribution in [0.2, 0.25) is 0 Å². The molecule has 130 valence electrons. The molecule has 1 saturated carbocycles. The molecule has 5 nitrogen and oxygen atoms in total. The lowest BCUT2D eigenvalue weighted by Gasteiger charge is -2.18. The summed E-state index contributed by atoms with van der Waals surface area (Å²) in [6.07, 6.45) is 3.96. The minimum atomic E-state index is 0.0759. The van der Waals surface area contributed by atoms with E-state index in [2.05, 4.69) is 26.2 Å². The van der Waals surface area contributed by atoms with E-state index in [1.165, 1.54) is 0 Å². The summed E-state index contributed by atoms with van der Waals surface area (Å²) in [5.74, 6) is 0.896. The number of nitrogens with zero attached hydrogens (tertiary/aromatic N) is 2. The van der Waals surface area contributed by atoms with E-state index in [9.17, 15) is 4.79 Å². The minimum absolute atomic E-state index is 0.0759. The zero-order valence-electron chi connectivity index (χ0n) is 14.5. The zero-order chi connectivity index (χ0) is 17.7. The maximum absolute atomic E-state index is 12.9. The van der Waals surface area contributed by atoms with Crippen LogP contribution in [0.1, 0.15) is 40.0 Å². The number of halogens is 1. The molecule has 1 aliphatic carbocycles. The largest absolute Gasteiger partial charge is 0.496 e. The summed E-state index contributed by atoms with van der Waals surface area (Å²) < 4.78 is 6.23. The summed E-state index contributed by atoms with van der Waals surface area (Å²) in [4.78, 5) is 19.4. The smallest absolute Gasteiger partial charge is 0.258 e. The van der Waals surface area contributed by atoms with Crippen LogP contribution in [0.4, 0.5) is 11.4 Å².